The summed E-state index contributed by atoms with van der Waals surface area (Å²) >= 11 is 0. The van der Waals surface area contributed by atoms with Gasteiger partial charge in [-0.15, -0.1) is 0 Å². The second-order valence-corrected chi connectivity index (χ2v) is 9.83. The van der Waals surface area contributed by atoms with Gasteiger partial charge in [0.2, 0.25) is 10.0 Å². The first-order chi connectivity index (χ1) is 16.8. The number of aromatic nitrogens is 1. The summed E-state index contributed by atoms with van der Waals surface area (Å²) in [4.78, 5) is 17.7. The SMILES string of the molecule is N=C1c2ccccc2C(=O)c2c(-c3ccc(S(=O)(=O)NCCN(CCO)CCO)cc3)[nH]c(O)c21. The number of fused-ring (bicyclic) bond motifs is 2. The van der Waals surface area contributed by atoms with Crippen LogP contribution in [0.5, 0.6) is 5.88 Å². The van der Waals surface area contributed by atoms with Crippen LogP contribution in [0.4, 0.5) is 0 Å². The predicted molar refractivity (Wildman–Crippen MR) is 129 cm³/mol. The summed E-state index contributed by atoms with van der Waals surface area (Å²) in [6, 6.07) is 12.6. The van der Waals surface area contributed by atoms with Gasteiger partial charge in [-0.1, -0.05) is 36.4 Å². The molecule has 11 heteroatoms. The minimum Gasteiger partial charge on any atom is -0.494 e. The zero-order chi connectivity index (χ0) is 25.2. The number of ketones is 1. The molecular weight excluding hydrogens is 472 g/mol. The molecule has 1 heterocycles. The lowest BCUT2D eigenvalue weighted by molar-refractivity contribution is 0.103. The highest BCUT2D eigenvalue weighted by Crippen LogP contribution is 2.39. The van der Waals surface area contributed by atoms with Crippen molar-refractivity contribution in [3.63, 3.8) is 0 Å². The van der Waals surface area contributed by atoms with Gasteiger partial charge in [-0.3, -0.25) is 15.1 Å². The Morgan fingerprint density at radius 3 is 2.17 bits per heavy atom. The molecule has 6 N–H and O–H groups in total. The van der Waals surface area contributed by atoms with Crippen LogP contribution >= 0.6 is 0 Å². The molecule has 0 spiro atoms. The number of hydrogen-bond acceptors (Lipinski definition) is 8. The molecule has 0 radical (unpaired) electrons. The van der Waals surface area contributed by atoms with E-state index in [1.165, 1.54) is 24.3 Å². The maximum Gasteiger partial charge on any atom is 0.240 e. The summed E-state index contributed by atoms with van der Waals surface area (Å²) in [6.07, 6.45) is 0. The number of hydrogen-bond donors (Lipinski definition) is 6. The van der Waals surface area contributed by atoms with Crippen LogP contribution in [-0.4, -0.2) is 84.5 Å². The van der Waals surface area contributed by atoms with E-state index in [9.17, 15) is 18.3 Å². The molecular formula is C24H26N4O6S. The van der Waals surface area contributed by atoms with E-state index in [1.807, 2.05) is 0 Å². The zero-order valence-corrected chi connectivity index (χ0v) is 19.6. The predicted octanol–water partition coefficient (Wildman–Crippen LogP) is 0.913. The second kappa shape index (κ2) is 10.1. The van der Waals surface area contributed by atoms with Crippen molar-refractivity contribution in [3.8, 4) is 17.1 Å². The highest BCUT2D eigenvalue weighted by molar-refractivity contribution is 7.89. The molecule has 0 saturated heterocycles. The normalized spacial score (nSPS) is 13.2. The van der Waals surface area contributed by atoms with E-state index in [4.69, 9.17) is 15.6 Å². The van der Waals surface area contributed by atoms with Gasteiger partial charge in [-0.2, -0.15) is 0 Å². The Morgan fingerprint density at radius 1 is 0.914 bits per heavy atom. The van der Waals surface area contributed by atoms with E-state index in [1.54, 1.807) is 29.2 Å². The summed E-state index contributed by atoms with van der Waals surface area (Å²) < 4.78 is 27.9. The largest absolute Gasteiger partial charge is 0.494 e. The lowest BCUT2D eigenvalue weighted by atomic mass is 9.84. The number of sulfonamides is 1. The number of H-pyrrole nitrogens is 1. The van der Waals surface area contributed by atoms with Crippen molar-refractivity contribution >= 4 is 21.5 Å². The topological polar surface area (TPSA) is 167 Å². The summed E-state index contributed by atoms with van der Waals surface area (Å²) in [6.45, 7) is 0.870. The van der Waals surface area contributed by atoms with Gasteiger partial charge in [0.15, 0.2) is 11.7 Å². The summed E-state index contributed by atoms with van der Waals surface area (Å²) in [5.74, 6) is -0.622. The first-order valence-electron chi connectivity index (χ1n) is 11.0. The highest BCUT2D eigenvalue weighted by atomic mass is 32.2. The molecule has 0 fully saturated rings. The van der Waals surface area contributed by atoms with E-state index in [0.717, 1.165) is 0 Å². The Bertz CT molecular complexity index is 1360. The molecule has 0 unspecified atom stereocenters. The van der Waals surface area contributed by atoms with Crippen LogP contribution in [0.25, 0.3) is 11.3 Å². The quantitative estimate of drug-likeness (QED) is 0.189. The summed E-state index contributed by atoms with van der Waals surface area (Å²) in [7, 11) is -3.82. The van der Waals surface area contributed by atoms with Gasteiger partial charge in [0.05, 0.1) is 40.6 Å². The van der Waals surface area contributed by atoms with Crippen molar-refractivity contribution in [1.82, 2.24) is 14.6 Å². The van der Waals surface area contributed by atoms with E-state index in [0.29, 0.717) is 42.0 Å². The van der Waals surface area contributed by atoms with Crippen molar-refractivity contribution in [2.75, 3.05) is 39.4 Å². The Balaban J connectivity index is 1.56. The third kappa shape index (κ3) is 4.77. The number of nitrogens with zero attached hydrogens (tertiary/aromatic N) is 1. The first-order valence-corrected chi connectivity index (χ1v) is 12.5. The van der Waals surface area contributed by atoms with E-state index in [-0.39, 0.29) is 53.2 Å². The number of nitrogens with one attached hydrogen (secondary N) is 3. The van der Waals surface area contributed by atoms with E-state index < -0.39 is 10.0 Å². The Kier molecular flexibility index (Phi) is 7.15. The van der Waals surface area contributed by atoms with Gasteiger partial charge in [0.1, 0.15) is 0 Å². The third-order valence-corrected chi connectivity index (χ3v) is 7.38. The Morgan fingerprint density at radius 2 is 1.54 bits per heavy atom. The van der Waals surface area contributed by atoms with Crippen molar-refractivity contribution < 1.29 is 28.5 Å². The van der Waals surface area contributed by atoms with Crippen molar-refractivity contribution in [2.24, 2.45) is 0 Å². The Hall–Kier alpha value is -3.35. The molecule has 0 bridgehead atoms. The van der Waals surface area contributed by atoms with Crippen LogP contribution in [0.3, 0.4) is 0 Å². The molecule has 1 aliphatic rings. The number of benzene rings is 2. The fourth-order valence-corrected chi connectivity index (χ4v) is 5.20. The number of carbonyl (C=O) groups is 1. The smallest absolute Gasteiger partial charge is 0.240 e. The lowest BCUT2D eigenvalue weighted by Crippen LogP contribution is -2.37. The molecule has 2 aromatic carbocycles. The summed E-state index contributed by atoms with van der Waals surface area (Å²) in [5.41, 5.74) is 1.93. The van der Waals surface area contributed by atoms with Gasteiger partial charge in [-0.05, 0) is 17.7 Å². The number of carbonyl (C=O) groups excluding carboxylic acids is 1. The van der Waals surface area contributed by atoms with Gasteiger partial charge in [0.25, 0.3) is 0 Å². The van der Waals surface area contributed by atoms with Gasteiger partial charge in [0, 0.05) is 37.3 Å². The van der Waals surface area contributed by atoms with E-state index >= 15 is 0 Å². The number of aliphatic hydroxyl groups is 2. The monoisotopic (exact) mass is 498 g/mol. The number of aromatic hydroxyl groups is 1. The Labute approximate surface area is 202 Å². The maximum absolute atomic E-state index is 13.2. The fourth-order valence-electron chi connectivity index (χ4n) is 4.18. The van der Waals surface area contributed by atoms with Gasteiger partial charge < -0.3 is 20.3 Å². The molecule has 4 rings (SSSR count). The minimum atomic E-state index is -3.82. The average molecular weight is 499 g/mol. The zero-order valence-electron chi connectivity index (χ0n) is 18.8. The fraction of sp³-hybridized carbons (Fsp3) is 0.250. The molecule has 1 aromatic heterocycles. The number of rotatable bonds is 10. The number of aromatic amines is 1. The molecule has 35 heavy (non-hydrogen) atoms. The molecule has 0 saturated carbocycles. The van der Waals surface area contributed by atoms with Crippen LogP contribution in [0, 0.1) is 5.41 Å². The van der Waals surface area contributed by atoms with Crippen LogP contribution in [0.1, 0.15) is 27.0 Å². The van der Waals surface area contributed by atoms with Crippen LogP contribution < -0.4 is 4.72 Å². The first kappa shape index (κ1) is 24.8. The van der Waals surface area contributed by atoms with Gasteiger partial charge in [-0.25, -0.2) is 13.1 Å². The molecule has 0 aliphatic heterocycles. The van der Waals surface area contributed by atoms with Crippen molar-refractivity contribution in [3.05, 3.63) is 70.8 Å². The molecule has 0 amide bonds. The molecule has 0 atom stereocenters. The van der Waals surface area contributed by atoms with Crippen LogP contribution in [0.15, 0.2) is 53.4 Å². The lowest BCUT2D eigenvalue weighted by Gasteiger charge is -2.20. The summed E-state index contributed by atoms with van der Waals surface area (Å²) in [5, 5.41) is 37.1. The van der Waals surface area contributed by atoms with E-state index in [2.05, 4.69) is 9.71 Å². The minimum absolute atomic E-state index is 0.0196. The molecule has 3 aromatic rings. The highest BCUT2D eigenvalue weighted by Gasteiger charge is 2.34. The van der Waals surface area contributed by atoms with Crippen LogP contribution in [0.2, 0.25) is 0 Å². The molecule has 10 nitrogen and oxygen atoms in total. The number of aliphatic hydroxyl groups excluding tert-OH is 2. The molecule has 184 valence electrons. The maximum atomic E-state index is 13.2. The standard InChI is InChI=1S/C24H26N4O6S/c25-21-17-3-1-2-4-18(17)23(31)20-19(21)24(32)27-22(20)15-5-7-16(8-6-15)35(33,34)26-9-10-28(11-13-29)12-14-30/h1-8,25-27,29-30,32H,9-14H2. The van der Waals surface area contributed by atoms with Gasteiger partial charge >= 0.3 is 0 Å². The second-order valence-electron chi connectivity index (χ2n) is 8.06. The van der Waals surface area contributed by atoms with Crippen molar-refractivity contribution in [2.45, 2.75) is 4.90 Å². The third-order valence-electron chi connectivity index (χ3n) is 5.90. The van der Waals surface area contributed by atoms with Crippen molar-refractivity contribution in [1.29, 1.82) is 5.41 Å². The average Bonchev–Trinajstić information content (AvgIpc) is 3.20. The van der Waals surface area contributed by atoms with Crippen LogP contribution in [-0.2, 0) is 10.0 Å². The molecule has 1 aliphatic carbocycles.